The van der Waals surface area contributed by atoms with E-state index in [4.69, 9.17) is 14.2 Å². The van der Waals surface area contributed by atoms with Gasteiger partial charge in [-0.05, 0) is 51.0 Å². The van der Waals surface area contributed by atoms with Crippen LogP contribution in [0.25, 0.3) is 0 Å². The molecule has 0 aliphatic rings. The van der Waals surface area contributed by atoms with Gasteiger partial charge in [-0.1, -0.05) is 42.5 Å². The van der Waals surface area contributed by atoms with Gasteiger partial charge >= 0.3 is 11.9 Å². The summed E-state index contributed by atoms with van der Waals surface area (Å²) in [6.07, 6.45) is -0.309. The van der Waals surface area contributed by atoms with Gasteiger partial charge in [0.2, 0.25) is 5.91 Å². The topological polar surface area (TPSA) is 82.1 Å². The molecule has 33 heavy (non-hydrogen) atoms. The smallest absolute Gasteiger partial charge is 0.328 e. The molecule has 0 radical (unpaired) electrons. The fraction of sp³-hybridized carbons (Fsp3) is 0.423. The molecule has 0 aliphatic heterocycles. The lowest BCUT2D eigenvalue weighted by atomic mass is 10.1. The molecule has 7 nitrogen and oxygen atoms in total. The minimum Gasteiger partial charge on any atom is -0.485 e. The predicted molar refractivity (Wildman–Crippen MR) is 125 cm³/mol. The molecule has 0 aliphatic carbocycles. The summed E-state index contributed by atoms with van der Waals surface area (Å²) in [6, 6.07) is 15.9. The lowest BCUT2D eigenvalue weighted by Crippen LogP contribution is -2.41. The SMILES string of the molecule is COC(=O)[C@H](C)N(C)C(=O)Cc1ccc(O[C@H](CC(=O)OC(C)(C)C)c2ccccc2)cc1. The van der Waals surface area contributed by atoms with Crippen molar-refractivity contribution in [3.05, 3.63) is 65.7 Å². The molecule has 7 heteroatoms. The fourth-order valence-corrected chi connectivity index (χ4v) is 3.12. The summed E-state index contributed by atoms with van der Waals surface area (Å²) in [6.45, 7) is 7.10. The summed E-state index contributed by atoms with van der Waals surface area (Å²) < 4.78 is 16.3. The van der Waals surface area contributed by atoms with Crippen LogP contribution >= 0.6 is 0 Å². The van der Waals surface area contributed by atoms with Gasteiger partial charge in [-0.15, -0.1) is 0 Å². The van der Waals surface area contributed by atoms with Crippen LogP contribution in [0.3, 0.4) is 0 Å². The number of rotatable bonds is 9. The molecule has 0 heterocycles. The molecule has 2 aromatic rings. The zero-order chi connectivity index (χ0) is 24.6. The van der Waals surface area contributed by atoms with E-state index in [9.17, 15) is 14.4 Å². The van der Waals surface area contributed by atoms with E-state index in [1.807, 2.05) is 51.1 Å². The first kappa shape index (κ1) is 25.9. The van der Waals surface area contributed by atoms with Crippen molar-refractivity contribution in [1.82, 2.24) is 4.90 Å². The van der Waals surface area contributed by atoms with Crippen LogP contribution in [0.2, 0.25) is 0 Å². The fourth-order valence-electron chi connectivity index (χ4n) is 3.12. The first-order valence-corrected chi connectivity index (χ1v) is 10.9. The van der Waals surface area contributed by atoms with E-state index in [0.717, 1.165) is 11.1 Å². The first-order valence-electron chi connectivity index (χ1n) is 10.9. The minimum absolute atomic E-state index is 0.0672. The average molecular weight is 456 g/mol. The largest absolute Gasteiger partial charge is 0.485 e. The van der Waals surface area contributed by atoms with Crippen LogP contribution in [-0.4, -0.2) is 48.5 Å². The van der Waals surface area contributed by atoms with Gasteiger partial charge in [0, 0.05) is 7.05 Å². The Bertz CT molecular complexity index is 934. The zero-order valence-electron chi connectivity index (χ0n) is 20.2. The molecule has 0 saturated heterocycles. The van der Waals surface area contributed by atoms with E-state index in [0.29, 0.717) is 5.75 Å². The third-order valence-corrected chi connectivity index (χ3v) is 5.02. The van der Waals surface area contributed by atoms with Gasteiger partial charge in [0.05, 0.1) is 20.0 Å². The van der Waals surface area contributed by atoms with Gasteiger partial charge < -0.3 is 19.1 Å². The summed E-state index contributed by atoms with van der Waals surface area (Å²) in [7, 11) is 2.87. The Morgan fingerprint density at radius 3 is 2.12 bits per heavy atom. The Balaban J connectivity index is 2.08. The maximum Gasteiger partial charge on any atom is 0.328 e. The van der Waals surface area contributed by atoms with E-state index in [2.05, 4.69) is 0 Å². The molecule has 0 aromatic heterocycles. The van der Waals surface area contributed by atoms with E-state index in [1.165, 1.54) is 12.0 Å². The first-order chi connectivity index (χ1) is 15.5. The molecule has 0 spiro atoms. The summed E-state index contributed by atoms with van der Waals surface area (Å²) in [5, 5.41) is 0. The molecule has 0 fully saturated rings. The number of nitrogens with zero attached hydrogens (tertiary/aromatic N) is 1. The number of likely N-dealkylation sites (N-methyl/N-ethyl adjacent to an activating group) is 1. The van der Waals surface area contributed by atoms with Crippen molar-refractivity contribution in [2.45, 2.75) is 58.3 Å². The number of hydrogen-bond donors (Lipinski definition) is 0. The summed E-state index contributed by atoms with van der Waals surface area (Å²) in [5.41, 5.74) is 1.06. The van der Waals surface area contributed by atoms with E-state index < -0.39 is 23.7 Å². The van der Waals surface area contributed by atoms with Crippen LogP contribution in [0.15, 0.2) is 54.6 Å². The van der Waals surface area contributed by atoms with E-state index >= 15 is 0 Å². The van der Waals surface area contributed by atoms with Crippen LogP contribution in [0.5, 0.6) is 5.75 Å². The Kier molecular flexibility index (Phi) is 9.02. The Hall–Kier alpha value is -3.35. The van der Waals surface area contributed by atoms with Crippen molar-refractivity contribution in [2.75, 3.05) is 14.2 Å². The van der Waals surface area contributed by atoms with Crippen molar-refractivity contribution in [3.63, 3.8) is 0 Å². The highest BCUT2D eigenvalue weighted by molar-refractivity contribution is 5.85. The van der Waals surface area contributed by atoms with Crippen molar-refractivity contribution < 1.29 is 28.6 Å². The summed E-state index contributed by atoms with van der Waals surface area (Å²) in [4.78, 5) is 37.9. The number of esters is 2. The minimum atomic E-state index is -0.662. The second-order valence-electron chi connectivity index (χ2n) is 8.83. The number of benzene rings is 2. The lowest BCUT2D eigenvalue weighted by Gasteiger charge is -2.24. The Morgan fingerprint density at radius 1 is 0.970 bits per heavy atom. The van der Waals surface area contributed by atoms with E-state index in [-0.39, 0.29) is 24.7 Å². The van der Waals surface area contributed by atoms with Crippen molar-refractivity contribution in [1.29, 1.82) is 0 Å². The molecule has 0 unspecified atom stereocenters. The summed E-state index contributed by atoms with van der Waals surface area (Å²) >= 11 is 0. The lowest BCUT2D eigenvalue weighted by molar-refractivity contribution is -0.156. The molecule has 0 bridgehead atoms. The van der Waals surface area contributed by atoms with Gasteiger partial charge in [-0.3, -0.25) is 9.59 Å². The normalized spacial score (nSPS) is 12.9. The van der Waals surface area contributed by atoms with Gasteiger partial charge in [0.1, 0.15) is 23.5 Å². The molecule has 2 aromatic carbocycles. The predicted octanol–water partition coefficient (Wildman–Crippen LogP) is 4.10. The highest BCUT2D eigenvalue weighted by Crippen LogP contribution is 2.26. The second-order valence-corrected chi connectivity index (χ2v) is 8.83. The number of ether oxygens (including phenoxy) is 3. The van der Waals surface area contributed by atoms with Gasteiger partial charge in [-0.2, -0.15) is 0 Å². The maximum atomic E-state index is 12.5. The quantitative estimate of drug-likeness (QED) is 0.530. The monoisotopic (exact) mass is 455 g/mol. The van der Waals surface area contributed by atoms with Gasteiger partial charge in [0.25, 0.3) is 0 Å². The Labute approximate surface area is 195 Å². The molecule has 0 N–H and O–H groups in total. The van der Waals surface area contributed by atoms with Gasteiger partial charge in [0.15, 0.2) is 0 Å². The van der Waals surface area contributed by atoms with E-state index in [1.54, 1.807) is 38.2 Å². The number of methoxy groups -OCH3 is 1. The third kappa shape index (κ3) is 8.25. The molecule has 2 rings (SSSR count). The molecular weight excluding hydrogens is 422 g/mol. The van der Waals surface area contributed by atoms with Crippen LogP contribution in [0.1, 0.15) is 51.3 Å². The number of carbonyl (C=O) groups is 3. The zero-order valence-corrected chi connectivity index (χ0v) is 20.2. The van der Waals surface area contributed by atoms with Crippen LogP contribution < -0.4 is 4.74 Å². The summed E-state index contributed by atoms with van der Waals surface area (Å²) in [5.74, 6) is -0.443. The molecule has 1 amide bonds. The molecular formula is C26H33NO6. The highest BCUT2D eigenvalue weighted by Gasteiger charge is 2.24. The van der Waals surface area contributed by atoms with Crippen molar-refractivity contribution in [3.8, 4) is 5.75 Å². The standard InChI is InChI=1S/C26H33NO6/c1-18(25(30)31-6)27(5)23(28)16-19-12-14-21(15-13-19)32-22(20-10-8-7-9-11-20)17-24(29)33-26(2,3)4/h7-15,18,22H,16-17H2,1-6H3/t18-,22+/m0/s1. The average Bonchev–Trinajstić information content (AvgIpc) is 2.77. The van der Waals surface area contributed by atoms with Crippen LogP contribution in [-0.2, 0) is 30.3 Å². The van der Waals surface area contributed by atoms with Crippen molar-refractivity contribution >= 4 is 17.8 Å². The number of carbonyl (C=O) groups excluding carboxylic acids is 3. The number of hydrogen-bond acceptors (Lipinski definition) is 6. The second kappa shape index (κ2) is 11.5. The maximum absolute atomic E-state index is 12.5. The third-order valence-electron chi connectivity index (χ3n) is 5.02. The Morgan fingerprint density at radius 2 is 1.58 bits per heavy atom. The molecule has 2 atom stereocenters. The molecule has 178 valence electrons. The molecule has 0 saturated carbocycles. The van der Waals surface area contributed by atoms with Crippen LogP contribution in [0.4, 0.5) is 0 Å². The van der Waals surface area contributed by atoms with Crippen LogP contribution in [0, 0.1) is 0 Å². The van der Waals surface area contributed by atoms with Crippen molar-refractivity contribution in [2.24, 2.45) is 0 Å². The number of amides is 1. The van der Waals surface area contributed by atoms with Gasteiger partial charge in [-0.25, -0.2) is 4.79 Å². The highest BCUT2D eigenvalue weighted by atomic mass is 16.6.